The Hall–Kier alpha value is -1.21. The van der Waals surface area contributed by atoms with Gasteiger partial charge >= 0.3 is 0 Å². The first-order chi connectivity index (χ1) is 8.02. The zero-order chi connectivity index (χ0) is 12.4. The lowest BCUT2D eigenvalue weighted by molar-refractivity contribution is 0.893. The summed E-state index contributed by atoms with van der Waals surface area (Å²) < 4.78 is 0.711. The smallest absolute Gasteiger partial charge is 0.251 e. The zero-order valence-corrected chi connectivity index (χ0v) is 11.6. The fourth-order valence-corrected chi connectivity index (χ4v) is 2.77. The number of nitrogens with one attached hydrogen (secondary N) is 1. The largest absolute Gasteiger partial charge is 0.301 e. The molecule has 88 valence electrons. The van der Waals surface area contributed by atoms with E-state index in [0.717, 1.165) is 5.03 Å². The van der Waals surface area contributed by atoms with Crippen molar-refractivity contribution in [2.45, 2.75) is 24.0 Å². The van der Waals surface area contributed by atoms with Gasteiger partial charge in [0, 0.05) is 17.8 Å². The normalized spacial score (nSPS) is 10.5. The number of aromatic amines is 1. The molecule has 0 aliphatic heterocycles. The van der Waals surface area contributed by atoms with Crippen LogP contribution in [0.3, 0.4) is 0 Å². The monoisotopic (exact) mass is 312 g/mol. The summed E-state index contributed by atoms with van der Waals surface area (Å²) in [5.41, 5.74) is 0.519. The van der Waals surface area contributed by atoms with E-state index in [1.165, 1.54) is 17.8 Å². The van der Waals surface area contributed by atoms with E-state index in [-0.39, 0.29) is 5.56 Å². The van der Waals surface area contributed by atoms with Gasteiger partial charge in [-0.3, -0.25) is 4.79 Å². The summed E-state index contributed by atoms with van der Waals surface area (Å²) in [4.78, 5) is 26.5. The van der Waals surface area contributed by atoms with Crippen LogP contribution >= 0.6 is 27.7 Å². The third kappa shape index (κ3) is 3.37. The minimum absolute atomic E-state index is 0.162. The summed E-state index contributed by atoms with van der Waals surface area (Å²) in [5, 5.41) is 1.26. The van der Waals surface area contributed by atoms with E-state index in [0.29, 0.717) is 21.3 Å². The first-order valence-electron chi connectivity index (χ1n) is 4.80. The molecule has 1 N–H and O–H groups in total. The zero-order valence-electron chi connectivity index (χ0n) is 9.19. The fraction of sp³-hybridized carbons (Fsp3) is 0.200. The summed E-state index contributed by atoms with van der Waals surface area (Å²) >= 11 is 4.59. The van der Waals surface area contributed by atoms with Crippen molar-refractivity contribution in [3.63, 3.8) is 0 Å². The Morgan fingerprint density at radius 1 is 1.24 bits per heavy atom. The second-order valence-corrected chi connectivity index (χ2v) is 5.19. The Morgan fingerprint density at radius 2 is 2.00 bits per heavy atom. The van der Waals surface area contributed by atoms with Crippen LogP contribution in [0.25, 0.3) is 0 Å². The van der Waals surface area contributed by atoms with E-state index in [4.69, 9.17) is 0 Å². The van der Waals surface area contributed by atoms with Gasteiger partial charge in [0.2, 0.25) is 0 Å². The Kier molecular flexibility index (Phi) is 3.58. The molecule has 0 fully saturated rings. The van der Waals surface area contributed by atoms with Crippen molar-refractivity contribution < 1.29 is 0 Å². The third-order valence-corrected chi connectivity index (χ3v) is 3.04. The molecule has 17 heavy (non-hydrogen) atoms. The Bertz CT molecular complexity index is 593. The standard InChI is InChI=1S/C10H9BrN4OS/c1-5-3-8(16)15-10(12-5)17-9-4-7(11)13-6(2)14-9/h3-4H,1-2H3,(H,12,15,16). The van der Waals surface area contributed by atoms with Crippen LogP contribution in [-0.2, 0) is 0 Å². The van der Waals surface area contributed by atoms with E-state index in [9.17, 15) is 4.79 Å². The first kappa shape index (κ1) is 12.3. The molecule has 0 atom stereocenters. The van der Waals surface area contributed by atoms with Crippen LogP contribution in [0, 0.1) is 13.8 Å². The lowest BCUT2D eigenvalue weighted by Gasteiger charge is -2.02. The number of nitrogens with zero attached hydrogens (tertiary/aromatic N) is 3. The molecule has 0 aliphatic rings. The number of aryl methyl sites for hydroxylation is 2. The highest BCUT2D eigenvalue weighted by Gasteiger charge is 2.05. The fourth-order valence-electron chi connectivity index (χ4n) is 1.26. The van der Waals surface area contributed by atoms with Crippen molar-refractivity contribution in [3.8, 4) is 0 Å². The summed E-state index contributed by atoms with van der Waals surface area (Å²) in [6.07, 6.45) is 0. The van der Waals surface area contributed by atoms with Crippen molar-refractivity contribution >= 4 is 27.7 Å². The van der Waals surface area contributed by atoms with Gasteiger partial charge in [0.05, 0.1) is 0 Å². The second-order valence-electron chi connectivity index (χ2n) is 3.37. The summed E-state index contributed by atoms with van der Waals surface area (Å²) in [6, 6.07) is 3.23. The molecule has 0 radical (unpaired) electrons. The maximum atomic E-state index is 11.3. The van der Waals surface area contributed by atoms with Gasteiger partial charge in [0.15, 0.2) is 5.16 Å². The molecule has 0 spiro atoms. The third-order valence-electron chi connectivity index (χ3n) is 1.83. The molecule has 2 heterocycles. The number of rotatable bonds is 2. The Labute approximate surface area is 110 Å². The van der Waals surface area contributed by atoms with Crippen LogP contribution in [0.5, 0.6) is 0 Å². The quantitative estimate of drug-likeness (QED) is 0.679. The van der Waals surface area contributed by atoms with E-state index >= 15 is 0 Å². The van der Waals surface area contributed by atoms with Crippen molar-refractivity contribution in [1.29, 1.82) is 0 Å². The van der Waals surface area contributed by atoms with E-state index in [2.05, 4.69) is 35.9 Å². The average molecular weight is 313 g/mol. The molecular weight excluding hydrogens is 304 g/mol. The molecule has 0 aliphatic carbocycles. The van der Waals surface area contributed by atoms with Crippen molar-refractivity contribution in [3.05, 3.63) is 38.6 Å². The maximum Gasteiger partial charge on any atom is 0.251 e. The lowest BCUT2D eigenvalue weighted by atomic mass is 10.5. The van der Waals surface area contributed by atoms with Crippen LogP contribution < -0.4 is 5.56 Å². The molecule has 2 aromatic rings. The topological polar surface area (TPSA) is 71.5 Å². The molecule has 2 rings (SSSR count). The summed E-state index contributed by atoms with van der Waals surface area (Å²) in [6.45, 7) is 3.58. The Morgan fingerprint density at radius 3 is 2.65 bits per heavy atom. The molecule has 7 heteroatoms. The van der Waals surface area contributed by atoms with Crippen LogP contribution in [0.15, 0.2) is 31.7 Å². The van der Waals surface area contributed by atoms with Gasteiger partial charge in [-0.15, -0.1) is 0 Å². The van der Waals surface area contributed by atoms with Crippen LogP contribution in [-0.4, -0.2) is 19.9 Å². The average Bonchev–Trinajstić information content (AvgIpc) is 2.13. The van der Waals surface area contributed by atoms with Crippen LogP contribution in [0.2, 0.25) is 0 Å². The molecule has 2 aromatic heterocycles. The van der Waals surface area contributed by atoms with Gasteiger partial charge in [-0.1, -0.05) is 0 Å². The summed E-state index contributed by atoms with van der Waals surface area (Å²) in [5.74, 6) is 0.664. The Balaban J connectivity index is 2.34. The van der Waals surface area contributed by atoms with Crippen molar-refractivity contribution in [2.24, 2.45) is 0 Å². The number of halogens is 1. The first-order valence-corrected chi connectivity index (χ1v) is 6.41. The molecular formula is C10H9BrN4OS. The van der Waals surface area contributed by atoms with Crippen molar-refractivity contribution in [2.75, 3.05) is 0 Å². The highest BCUT2D eigenvalue weighted by atomic mass is 79.9. The molecule has 0 aromatic carbocycles. The maximum absolute atomic E-state index is 11.3. The minimum Gasteiger partial charge on any atom is -0.301 e. The highest BCUT2D eigenvalue weighted by molar-refractivity contribution is 9.10. The van der Waals surface area contributed by atoms with Crippen molar-refractivity contribution in [1.82, 2.24) is 19.9 Å². The number of hydrogen-bond acceptors (Lipinski definition) is 5. The molecule has 0 unspecified atom stereocenters. The SMILES string of the molecule is Cc1cc(=O)[nH]c(Sc2cc(Br)nc(C)n2)n1. The molecule has 0 amide bonds. The van der Waals surface area contributed by atoms with E-state index in [1.54, 1.807) is 19.9 Å². The van der Waals surface area contributed by atoms with Gasteiger partial charge in [0.1, 0.15) is 15.5 Å². The molecule has 0 saturated carbocycles. The minimum atomic E-state index is -0.162. The second kappa shape index (κ2) is 4.97. The number of hydrogen-bond donors (Lipinski definition) is 1. The number of aromatic nitrogens is 4. The molecule has 0 bridgehead atoms. The van der Waals surface area contributed by atoms with Gasteiger partial charge in [0.25, 0.3) is 5.56 Å². The van der Waals surface area contributed by atoms with Gasteiger partial charge in [-0.25, -0.2) is 15.0 Å². The molecule has 0 saturated heterocycles. The van der Waals surface area contributed by atoms with E-state index < -0.39 is 0 Å². The van der Waals surface area contributed by atoms with E-state index in [1.807, 2.05) is 0 Å². The van der Waals surface area contributed by atoms with Crippen LogP contribution in [0.1, 0.15) is 11.5 Å². The highest BCUT2D eigenvalue weighted by Crippen LogP contribution is 2.23. The van der Waals surface area contributed by atoms with Crippen LogP contribution in [0.4, 0.5) is 0 Å². The molecule has 5 nitrogen and oxygen atoms in total. The predicted molar refractivity (Wildman–Crippen MR) is 68.2 cm³/mol. The van der Waals surface area contributed by atoms with Gasteiger partial charge in [-0.2, -0.15) is 0 Å². The number of H-pyrrole nitrogens is 1. The lowest BCUT2D eigenvalue weighted by Crippen LogP contribution is -2.08. The summed E-state index contributed by atoms with van der Waals surface area (Å²) in [7, 11) is 0. The van der Waals surface area contributed by atoms with Gasteiger partial charge < -0.3 is 4.98 Å². The van der Waals surface area contributed by atoms with Gasteiger partial charge in [-0.05, 0) is 41.5 Å². The predicted octanol–water partition coefficient (Wildman–Crippen LogP) is 2.09.